The van der Waals surface area contributed by atoms with Crippen LogP contribution in [0.25, 0.3) is 10.6 Å². The molecule has 122 valence electrons. The number of fused-ring (bicyclic) bond motifs is 1. The Morgan fingerprint density at radius 3 is 3.00 bits per heavy atom. The highest BCUT2D eigenvalue weighted by Crippen LogP contribution is 2.26. The Kier molecular flexibility index (Phi) is 3.87. The van der Waals surface area contributed by atoms with Crippen molar-refractivity contribution in [2.24, 2.45) is 0 Å². The van der Waals surface area contributed by atoms with Gasteiger partial charge in [0.2, 0.25) is 0 Å². The maximum Gasteiger partial charge on any atom is 0.321 e. The van der Waals surface area contributed by atoms with Gasteiger partial charge in [-0.2, -0.15) is 0 Å². The number of thiazole rings is 1. The van der Waals surface area contributed by atoms with E-state index in [1.165, 1.54) is 0 Å². The number of rotatable bonds is 4. The summed E-state index contributed by atoms with van der Waals surface area (Å²) < 4.78 is 0. The fourth-order valence-electron chi connectivity index (χ4n) is 3.00. The van der Waals surface area contributed by atoms with Gasteiger partial charge in [0.05, 0.1) is 23.4 Å². The third-order valence-electron chi connectivity index (χ3n) is 4.22. The number of H-pyrrole nitrogens is 1. The molecular formula is C17H16N4O2S. The molecule has 3 heterocycles. The Labute approximate surface area is 142 Å². The molecule has 2 aromatic heterocycles. The summed E-state index contributed by atoms with van der Waals surface area (Å²) in [5.74, 6) is -0.817. The predicted molar refractivity (Wildman–Crippen MR) is 90.5 cm³/mol. The number of carbonyl (C=O) groups is 1. The summed E-state index contributed by atoms with van der Waals surface area (Å²) >= 11 is 1.58. The molecule has 1 atom stereocenters. The lowest BCUT2D eigenvalue weighted by Crippen LogP contribution is -2.45. The number of aromatic nitrogens is 3. The van der Waals surface area contributed by atoms with Crippen LogP contribution in [0, 0.1) is 0 Å². The molecule has 0 saturated heterocycles. The minimum absolute atomic E-state index is 0.420. The van der Waals surface area contributed by atoms with E-state index in [-0.39, 0.29) is 0 Å². The fourth-order valence-corrected chi connectivity index (χ4v) is 3.82. The second kappa shape index (κ2) is 6.18. The number of aromatic amines is 1. The third kappa shape index (κ3) is 2.83. The minimum Gasteiger partial charge on any atom is -0.480 e. The molecule has 0 radical (unpaired) electrons. The second-order valence-corrected chi connectivity index (χ2v) is 6.66. The van der Waals surface area contributed by atoms with Gasteiger partial charge in [0, 0.05) is 30.5 Å². The summed E-state index contributed by atoms with van der Waals surface area (Å²) in [6, 6.07) is 9.44. The number of benzene rings is 1. The quantitative estimate of drug-likeness (QED) is 0.763. The number of hydrogen-bond acceptors (Lipinski definition) is 5. The molecule has 2 N–H and O–H groups in total. The van der Waals surface area contributed by atoms with E-state index in [9.17, 15) is 9.90 Å². The molecule has 1 aliphatic rings. The summed E-state index contributed by atoms with van der Waals surface area (Å²) in [5.41, 5.74) is 3.82. The first-order chi connectivity index (χ1) is 11.7. The van der Waals surface area contributed by atoms with Gasteiger partial charge in [-0.25, -0.2) is 9.97 Å². The minimum atomic E-state index is -0.817. The van der Waals surface area contributed by atoms with Crippen LogP contribution in [0.2, 0.25) is 0 Å². The summed E-state index contributed by atoms with van der Waals surface area (Å²) in [6.45, 7) is 1.06. The first kappa shape index (κ1) is 15.0. The normalized spacial score (nSPS) is 17.6. The zero-order chi connectivity index (χ0) is 16.5. The lowest BCUT2D eigenvalue weighted by Gasteiger charge is -2.31. The highest BCUT2D eigenvalue weighted by molar-refractivity contribution is 7.13. The Morgan fingerprint density at radius 1 is 1.38 bits per heavy atom. The number of carboxylic acids is 1. The van der Waals surface area contributed by atoms with E-state index in [4.69, 9.17) is 0 Å². The van der Waals surface area contributed by atoms with Gasteiger partial charge in [0.1, 0.15) is 11.0 Å². The van der Waals surface area contributed by atoms with Gasteiger partial charge >= 0.3 is 5.97 Å². The number of imidazole rings is 1. The van der Waals surface area contributed by atoms with Crippen molar-refractivity contribution in [1.29, 1.82) is 0 Å². The van der Waals surface area contributed by atoms with Gasteiger partial charge in [0.15, 0.2) is 0 Å². The van der Waals surface area contributed by atoms with E-state index in [0.29, 0.717) is 19.5 Å². The molecule has 7 heteroatoms. The first-order valence-corrected chi connectivity index (χ1v) is 8.56. The molecule has 0 amide bonds. The first-order valence-electron chi connectivity index (χ1n) is 7.68. The summed E-state index contributed by atoms with van der Waals surface area (Å²) in [7, 11) is 0. The molecule has 24 heavy (non-hydrogen) atoms. The van der Waals surface area contributed by atoms with Crippen molar-refractivity contribution >= 4 is 17.3 Å². The van der Waals surface area contributed by atoms with Crippen molar-refractivity contribution in [3.63, 3.8) is 0 Å². The maximum atomic E-state index is 11.6. The molecule has 6 nitrogen and oxygen atoms in total. The van der Waals surface area contributed by atoms with Crippen LogP contribution in [-0.4, -0.2) is 37.0 Å². The second-order valence-electron chi connectivity index (χ2n) is 5.80. The summed E-state index contributed by atoms with van der Waals surface area (Å²) in [6.07, 6.45) is 2.05. The molecule has 0 spiro atoms. The summed E-state index contributed by atoms with van der Waals surface area (Å²) in [5, 5.41) is 12.5. The molecule has 1 aliphatic heterocycles. The molecule has 3 aromatic rings. The van der Waals surface area contributed by atoms with E-state index in [2.05, 4.69) is 15.0 Å². The van der Waals surface area contributed by atoms with Crippen molar-refractivity contribution in [2.75, 3.05) is 0 Å². The number of nitrogens with one attached hydrogen (secondary N) is 1. The molecule has 0 aliphatic carbocycles. The number of carboxylic acid groups (broad SMARTS) is 1. The van der Waals surface area contributed by atoms with Crippen LogP contribution in [0.15, 0.2) is 42.0 Å². The topological polar surface area (TPSA) is 82.1 Å². The number of aliphatic carboxylic acids is 1. The highest BCUT2D eigenvalue weighted by Gasteiger charge is 2.33. The lowest BCUT2D eigenvalue weighted by atomic mass is 10.0. The molecule has 4 rings (SSSR count). The Bertz CT molecular complexity index is 858. The largest absolute Gasteiger partial charge is 0.480 e. The van der Waals surface area contributed by atoms with Crippen molar-refractivity contribution in [3.05, 3.63) is 59.1 Å². The maximum absolute atomic E-state index is 11.6. The fraction of sp³-hybridized carbons (Fsp3) is 0.235. The van der Waals surface area contributed by atoms with E-state index in [1.54, 1.807) is 17.7 Å². The van der Waals surface area contributed by atoms with Crippen LogP contribution < -0.4 is 0 Å². The molecular weight excluding hydrogens is 324 g/mol. The van der Waals surface area contributed by atoms with Gasteiger partial charge < -0.3 is 10.1 Å². The van der Waals surface area contributed by atoms with Gasteiger partial charge in [-0.3, -0.25) is 9.69 Å². The predicted octanol–water partition coefficient (Wildman–Crippen LogP) is 2.54. The standard InChI is InChI=1S/C17H16N4O2S/c22-17(23)15-6-13-14(19-10-18-13)8-21(15)7-12-9-24-16(20-12)11-4-2-1-3-5-11/h1-5,9-10,15H,6-8H2,(H,18,19)(H,22,23). The third-order valence-corrected chi connectivity index (χ3v) is 5.16. The molecule has 0 bridgehead atoms. The van der Waals surface area contributed by atoms with E-state index >= 15 is 0 Å². The van der Waals surface area contributed by atoms with Crippen LogP contribution >= 0.6 is 11.3 Å². The monoisotopic (exact) mass is 340 g/mol. The van der Waals surface area contributed by atoms with Crippen LogP contribution in [0.5, 0.6) is 0 Å². The molecule has 0 saturated carbocycles. The van der Waals surface area contributed by atoms with Crippen LogP contribution in [0.1, 0.15) is 17.1 Å². The molecule has 1 unspecified atom stereocenters. The number of nitrogens with zero attached hydrogens (tertiary/aromatic N) is 3. The van der Waals surface area contributed by atoms with Crippen LogP contribution in [0.4, 0.5) is 0 Å². The van der Waals surface area contributed by atoms with E-state index < -0.39 is 12.0 Å². The van der Waals surface area contributed by atoms with Crippen LogP contribution in [-0.2, 0) is 24.3 Å². The molecule has 0 fully saturated rings. The average molecular weight is 340 g/mol. The van der Waals surface area contributed by atoms with Crippen molar-refractivity contribution in [1.82, 2.24) is 19.9 Å². The average Bonchev–Trinajstić information content (AvgIpc) is 3.23. The van der Waals surface area contributed by atoms with Gasteiger partial charge in [-0.05, 0) is 0 Å². The van der Waals surface area contributed by atoms with Crippen molar-refractivity contribution in [2.45, 2.75) is 25.6 Å². The van der Waals surface area contributed by atoms with Crippen molar-refractivity contribution in [3.8, 4) is 10.6 Å². The summed E-state index contributed by atoms with van der Waals surface area (Å²) in [4.78, 5) is 25.5. The van der Waals surface area contributed by atoms with Gasteiger partial charge in [-0.1, -0.05) is 30.3 Å². The Morgan fingerprint density at radius 2 is 2.21 bits per heavy atom. The Balaban J connectivity index is 1.56. The zero-order valence-corrected chi connectivity index (χ0v) is 13.7. The lowest BCUT2D eigenvalue weighted by molar-refractivity contribution is -0.144. The highest BCUT2D eigenvalue weighted by atomic mass is 32.1. The van der Waals surface area contributed by atoms with Crippen LogP contribution in [0.3, 0.4) is 0 Å². The van der Waals surface area contributed by atoms with Gasteiger partial charge in [-0.15, -0.1) is 11.3 Å². The van der Waals surface area contributed by atoms with E-state index in [1.807, 2.05) is 40.6 Å². The SMILES string of the molecule is O=C(O)C1Cc2nc[nH]c2CN1Cc1csc(-c2ccccc2)n1. The number of hydrogen-bond donors (Lipinski definition) is 2. The smallest absolute Gasteiger partial charge is 0.321 e. The zero-order valence-electron chi connectivity index (χ0n) is 12.8. The van der Waals surface area contributed by atoms with Gasteiger partial charge in [0.25, 0.3) is 0 Å². The molecule has 1 aromatic carbocycles. The van der Waals surface area contributed by atoms with Crippen molar-refractivity contribution < 1.29 is 9.90 Å². The Hall–Kier alpha value is -2.51. The van der Waals surface area contributed by atoms with E-state index in [0.717, 1.165) is 27.7 Å².